The lowest BCUT2D eigenvalue weighted by Gasteiger charge is -2.34. The van der Waals surface area contributed by atoms with Crippen LogP contribution >= 0.6 is 23.2 Å². The van der Waals surface area contributed by atoms with Gasteiger partial charge in [-0.15, -0.1) is 0 Å². The van der Waals surface area contributed by atoms with Crippen molar-refractivity contribution < 1.29 is 27.5 Å². The molecule has 1 aliphatic rings. The smallest absolute Gasteiger partial charge is 0.244 e. The molecule has 0 unspecified atom stereocenters. The van der Waals surface area contributed by atoms with Gasteiger partial charge >= 0.3 is 0 Å². The summed E-state index contributed by atoms with van der Waals surface area (Å²) in [5.41, 5.74) is 1.64. The second kappa shape index (κ2) is 15.0. The highest BCUT2D eigenvalue weighted by atomic mass is 35.5. The van der Waals surface area contributed by atoms with E-state index in [9.17, 15) is 18.0 Å². The molecule has 236 valence electrons. The van der Waals surface area contributed by atoms with E-state index in [1.54, 1.807) is 30.3 Å². The summed E-state index contributed by atoms with van der Waals surface area (Å²) in [6.07, 6.45) is 5.01. The monoisotopic (exact) mass is 661 g/mol. The van der Waals surface area contributed by atoms with Gasteiger partial charge in [-0.3, -0.25) is 13.9 Å². The Balaban J connectivity index is 1.77. The number of hydrogen-bond donors (Lipinski definition) is 1. The number of carbonyl (C=O) groups is 2. The Labute approximate surface area is 269 Å². The molecule has 0 radical (unpaired) electrons. The molecular formula is C32H37Cl2N3O6S. The number of benzene rings is 3. The summed E-state index contributed by atoms with van der Waals surface area (Å²) in [5.74, 6) is -0.222. The molecule has 44 heavy (non-hydrogen) atoms. The summed E-state index contributed by atoms with van der Waals surface area (Å²) in [5, 5.41) is 3.79. The van der Waals surface area contributed by atoms with Crippen LogP contribution in [0.2, 0.25) is 10.0 Å². The molecule has 3 aromatic rings. The van der Waals surface area contributed by atoms with Crippen LogP contribution in [0.15, 0.2) is 66.7 Å². The average molecular weight is 663 g/mol. The molecule has 2 amide bonds. The van der Waals surface area contributed by atoms with Crippen molar-refractivity contribution in [2.45, 2.75) is 50.7 Å². The fourth-order valence-corrected chi connectivity index (χ4v) is 6.52. The van der Waals surface area contributed by atoms with Crippen LogP contribution in [0, 0.1) is 0 Å². The number of halogens is 2. The summed E-state index contributed by atoms with van der Waals surface area (Å²) in [7, 11) is -1.10. The first-order valence-corrected chi connectivity index (χ1v) is 16.9. The molecule has 1 fully saturated rings. The zero-order valence-corrected chi connectivity index (χ0v) is 27.3. The molecule has 1 saturated carbocycles. The number of carbonyl (C=O) groups excluding carboxylic acids is 2. The lowest BCUT2D eigenvalue weighted by molar-refractivity contribution is -0.140. The van der Waals surface area contributed by atoms with Gasteiger partial charge in [-0.05, 0) is 48.2 Å². The molecule has 0 heterocycles. The first-order valence-electron chi connectivity index (χ1n) is 14.3. The maximum absolute atomic E-state index is 14.3. The molecule has 1 aliphatic carbocycles. The Bertz CT molecular complexity index is 1570. The first kappa shape index (κ1) is 33.4. The van der Waals surface area contributed by atoms with Crippen molar-refractivity contribution in [3.8, 4) is 11.5 Å². The number of methoxy groups -OCH3 is 2. The van der Waals surface area contributed by atoms with Crippen molar-refractivity contribution in [2.24, 2.45) is 0 Å². The normalized spacial score (nSPS) is 14.1. The van der Waals surface area contributed by atoms with Gasteiger partial charge in [0.15, 0.2) is 0 Å². The van der Waals surface area contributed by atoms with Gasteiger partial charge in [0.2, 0.25) is 21.8 Å². The zero-order chi connectivity index (χ0) is 31.9. The van der Waals surface area contributed by atoms with E-state index in [-0.39, 0.29) is 36.4 Å². The third kappa shape index (κ3) is 8.58. The van der Waals surface area contributed by atoms with Crippen molar-refractivity contribution in [2.75, 3.05) is 31.3 Å². The quantitative estimate of drug-likeness (QED) is 0.260. The Morgan fingerprint density at radius 2 is 1.64 bits per heavy atom. The fourth-order valence-electron chi connectivity index (χ4n) is 5.34. The minimum Gasteiger partial charge on any atom is -0.497 e. The number of sulfonamides is 1. The lowest BCUT2D eigenvalue weighted by Crippen LogP contribution is -2.54. The van der Waals surface area contributed by atoms with Gasteiger partial charge in [-0.1, -0.05) is 72.4 Å². The van der Waals surface area contributed by atoms with Crippen LogP contribution in [0.3, 0.4) is 0 Å². The molecule has 0 bridgehead atoms. The number of nitrogens with zero attached hydrogens (tertiary/aromatic N) is 2. The summed E-state index contributed by atoms with van der Waals surface area (Å²) in [6, 6.07) is 18.1. The molecule has 1 atom stereocenters. The first-order chi connectivity index (χ1) is 21.0. The van der Waals surface area contributed by atoms with E-state index in [4.69, 9.17) is 32.7 Å². The highest BCUT2D eigenvalue weighted by Crippen LogP contribution is 2.34. The fraction of sp³-hybridized carbons (Fsp3) is 0.375. The molecular weight excluding hydrogens is 625 g/mol. The maximum atomic E-state index is 14.3. The molecule has 0 saturated heterocycles. The van der Waals surface area contributed by atoms with Crippen LogP contribution < -0.4 is 19.1 Å². The lowest BCUT2D eigenvalue weighted by atomic mass is 10.0. The van der Waals surface area contributed by atoms with Gasteiger partial charge in [0, 0.05) is 25.1 Å². The largest absolute Gasteiger partial charge is 0.497 e. The molecule has 9 nitrogen and oxygen atoms in total. The number of hydrogen-bond acceptors (Lipinski definition) is 6. The van der Waals surface area contributed by atoms with Crippen LogP contribution in [0.5, 0.6) is 11.5 Å². The second-order valence-corrected chi connectivity index (χ2v) is 13.5. The van der Waals surface area contributed by atoms with E-state index in [1.165, 1.54) is 25.2 Å². The van der Waals surface area contributed by atoms with E-state index in [2.05, 4.69) is 5.32 Å². The van der Waals surface area contributed by atoms with E-state index < -0.39 is 28.5 Å². The second-order valence-electron chi connectivity index (χ2n) is 10.8. The standard InChI is InChI=1S/C32H37Cl2N3O6S/c1-42-25-14-16-28(30(19-25)43-2)37(44(3,40)41)21-31(38)36(20-23-13-15-26(33)27(34)17-23)29(18-22-9-5-4-6-10-22)32(39)35-24-11-7-8-12-24/h4-6,9-10,13-17,19,24,29H,7-8,11-12,18,20-21H2,1-3H3,(H,35,39)/t29-/m1/s1. The van der Waals surface area contributed by atoms with Crippen LogP contribution in [-0.4, -0.2) is 64.2 Å². The van der Waals surface area contributed by atoms with Crippen LogP contribution in [0.25, 0.3) is 0 Å². The molecule has 0 aromatic heterocycles. The predicted octanol–water partition coefficient (Wildman–Crippen LogP) is 5.48. The number of nitrogens with one attached hydrogen (secondary N) is 1. The van der Waals surface area contributed by atoms with Gasteiger partial charge in [0.25, 0.3) is 0 Å². The molecule has 0 spiro atoms. The van der Waals surface area contributed by atoms with E-state index in [1.807, 2.05) is 30.3 Å². The topological polar surface area (TPSA) is 105 Å². The van der Waals surface area contributed by atoms with Crippen molar-refractivity contribution >= 4 is 50.7 Å². The Kier molecular flexibility index (Phi) is 11.4. The summed E-state index contributed by atoms with van der Waals surface area (Å²) < 4.78 is 38.0. The molecule has 0 aliphatic heterocycles. The van der Waals surface area contributed by atoms with E-state index >= 15 is 0 Å². The number of amides is 2. The van der Waals surface area contributed by atoms with Gasteiger partial charge in [0.1, 0.15) is 24.1 Å². The minimum atomic E-state index is -3.98. The van der Waals surface area contributed by atoms with Gasteiger partial charge in [0.05, 0.1) is 36.2 Å². The predicted molar refractivity (Wildman–Crippen MR) is 173 cm³/mol. The Morgan fingerprint density at radius 1 is 0.932 bits per heavy atom. The van der Waals surface area contributed by atoms with Crippen molar-refractivity contribution in [3.05, 3.63) is 87.9 Å². The Hall–Kier alpha value is -3.47. The molecule has 1 N–H and O–H groups in total. The maximum Gasteiger partial charge on any atom is 0.244 e. The molecule has 12 heteroatoms. The highest BCUT2D eigenvalue weighted by Gasteiger charge is 2.35. The third-order valence-corrected chi connectivity index (χ3v) is 9.51. The minimum absolute atomic E-state index is 0.0113. The average Bonchev–Trinajstić information content (AvgIpc) is 3.52. The number of anilines is 1. The van der Waals surface area contributed by atoms with E-state index in [0.717, 1.165) is 41.8 Å². The summed E-state index contributed by atoms with van der Waals surface area (Å²) in [6.45, 7) is -0.590. The molecule has 3 aromatic carbocycles. The van der Waals surface area contributed by atoms with Gasteiger partial charge < -0.3 is 19.7 Å². The summed E-state index contributed by atoms with van der Waals surface area (Å²) >= 11 is 12.5. The number of ether oxygens (including phenoxy) is 2. The zero-order valence-electron chi connectivity index (χ0n) is 25.0. The van der Waals surface area contributed by atoms with Crippen LogP contribution in [-0.2, 0) is 32.6 Å². The van der Waals surface area contributed by atoms with Crippen LogP contribution in [0.1, 0.15) is 36.8 Å². The number of rotatable bonds is 13. The van der Waals surface area contributed by atoms with Crippen molar-refractivity contribution in [1.29, 1.82) is 0 Å². The van der Waals surface area contributed by atoms with Gasteiger partial charge in [-0.2, -0.15) is 0 Å². The van der Waals surface area contributed by atoms with Crippen molar-refractivity contribution in [3.63, 3.8) is 0 Å². The molecule has 4 rings (SSSR count). The highest BCUT2D eigenvalue weighted by molar-refractivity contribution is 7.92. The third-order valence-electron chi connectivity index (χ3n) is 7.64. The van der Waals surface area contributed by atoms with E-state index in [0.29, 0.717) is 21.4 Å². The Morgan fingerprint density at radius 3 is 2.25 bits per heavy atom. The van der Waals surface area contributed by atoms with Crippen LogP contribution in [0.4, 0.5) is 5.69 Å². The van der Waals surface area contributed by atoms with Gasteiger partial charge in [-0.25, -0.2) is 8.42 Å². The SMILES string of the molecule is COc1ccc(N(CC(=O)N(Cc2ccc(Cl)c(Cl)c2)[C@H](Cc2ccccc2)C(=O)NC2CCCC2)S(C)(=O)=O)c(OC)c1. The van der Waals surface area contributed by atoms with Crippen molar-refractivity contribution in [1.82, 2.24) is 10.2 Å². The summed E-state index contributed by atoms with van der Waals surface area (Å²) in [4.78, 5) is 29.7.